The number of aromatic nitrogens is 2. The molecule has 0 amide bonds. The molecule has 172 valence electrons. The third kappa shape index (κ3) is 3.67. The van der Waals surface area contributed by atoms with Gasteiger partial charge in [-0.1, -0.05) is 69.4 Å². The predicted octanol–water partition coefficient (Wildman–Crippen LogP) is 6.27. The number of anilines is 2. The van der Waals surface area contributed by atoms with E-state index in [4.69, 9.17) is 10.7 Å². The lowest BCUT2D eigenvalue weighted by Gasteiger charge is -2.38. The van der Waals surface area contributed by atoms with Crippen molar-refractivity contribution in [3.63, 3.8) is 0 Å². The molecule has 5 heteroatoms. The van der Waals surface area contributed by atoms with Crippen molar-refractivity contribution in [3.8, 4) is 0 Å². The number of hydrogen-bond acceptors (Lipinski definition) is 5. The van der Waals surface area contributed by atoms with E-state index in [-0.39, 0.29) is 16.2 Å². The van der Waals surface area contributed by atoms with E-state index in [9.17, 15) is 0 Å². The van der Waals surface area contributed by atoms with E-state index < -0.39 is 0 Å². The Morgan fingerprint density at radius 3 is 2.21 bits per heavy atom. The summed E-state index contributed by atoms with van der Waals surface area (Å²) in [5, 5.41) is 3.93. The van der Waals surface area contributed by atoms with Gasteiger partial charge in [0.1, 0.15) is 5.82 Å². The zero-order valence-corrected chi connectivity index (χ0v) is 21.4. The maximum Gasteiger partial charge on any atom is 0.184 e. The summed E-state index contributed by atoms with van der Waals surface area (Å²) in [4.78, 5) is 10.4. The molecule has 5 rings (SSSR count). The highest BCUT2D eigenvalue weighted by Crippen LogP contribution is 2.55. The van der Waals surface area contributed by atoms with E-state index >= 15 is 0 Å². The predicted molar refractivity (Wildman–Crippen MR) is 140 cm³/mol. The first-order chi connectivity index (χ1) is 15.6. The summed E-state index contributed by atoms with van der Waals surface area (Å²) in [5.74, 6) is 0.608. The van der Waals surface area contributed by atoms with Crippen LogP contribution in [0.3, 0.4) is 0 Å². The summed E-state index contributed by atoms with van der Waals surface area (Å²) in [6.45, 7) is 11.6. The molecule has 2 aromatic heterocycles. The molecule has 1 aromatic carbocycles. The van der Waals surface area contributed by atoms with Crippen molar-refractivity contribution < 1.29 is 0 Å². The van der Waals surface area contributed by atoms with E-state index in [0.29, 0.717) is 5.82 Å². The molecular weight excluding hydrogens is 424 g/mol. The third-order valence-corrected chi connectivity index (χ3v) is 8.64. The van der Waals surface area contributed by atoms with Crippen molar-refractivity contribution in [2.45, 2.75) is 70.1 Å². The summed E-state index contributed by atoms with van der Waals surface area (Å²) in [6, 6.07) is 9.38. The zero-order valence-electron chi connectivity index (χ0n) is 20.5. The molecule has 0 atom stereocenters. The number of fused-ring (bicyclic) bond motifs is 1. The Hall–Kier alpha value is -2.66. The highest BCUT2D eigenvalue weighted by atomic mass is 32.1. The lowest BCUT2D eigenvalue weighted by Crippen LogP contribution is -2.30. The fraction of sp³-hybridized carbons (Fsp3) is 0.429. The van der Waals surface area contributed by atoms with Crippen LogP contribution in [0.1, 0.15) is 78.9 Å². The smallest absolute Gasteiger partial charge is 0.184 e. The van der Waals surface area contributed by atoms with E-state index in [1.807, 2.05) is 13.2 Å². The van der Waals surface area contributed by atoms with Gasteiger partial charge in [-0.3, -0.25) is 4.98 Å². The van der Waals surface area contributed by atoms with Crippen LogP contribution in [0.4, 0.5) is 10.9 Å². The largest absolute Gasteiger partial charge is 0.383 e. The number of pyridine rings is 1. The van der Waals surface area contributed by atoms with E-state index in [1.165, 1.54) is 33.5 Å². The highest BCUT2D eigenvalue weighted by Gasteiger charge is 2.49. The number of rotatable bonds is 5. The van der Waals surface area contributed by atoms with Crippen molar-refractivity contribution >= 4 is 22.3 Å². The summed E-state index contributed by atoms with van der Waals surface area (Å²) in [6.07, 6.45) is 9.86. The molecule has 0 aliphatic heterocycles. The first-order valence-corrected chi connectivity index (χ1v) is 12.6. The minimum Gasteiger partial charge on any atom is -0.383 e. The molecule has 3 N–H and O–H groups in total. The number of nitrogen functional groups attached to an aromatic ring is 1. The second kappa shape index (κ2) is 7.42. The molecule has 0 unspecified atom stereocenters. The monoisotopic (exact) mass is 458 g/mol. The average molecular weight is 459 g/mol. The Balaban J connectivity index is 1.48. The summed E-state index contributed by atoms with van der Waals surface area (Å²) >= 11 is 1.61. The van der Waals surface area contributed by atoms with Crippen LogP contribution >= 0.6 is 11.3 Å². The Morgan fingerprint density at radius 2 is 1.67 bits per heavy atom. The molecular formula is C28H34N4S. The minimum atomic E-state index is 0.0432. The number of thiazole rings is 1. The minimum absolute atomic E-state index is 0.0432. The highest BCUT2D eigenvalue weighted by molar-refractivity contribution is 7.16. The number of aryl methyl sites for hydroxylation is 1. The normalized spacial score (nSPS) is 19.2. The zero-order chi connectivity index (χ0) is 23.6. The van der Waals surface area contributed by atoms with Crippen molar-refractivity contribution in [1.29, 1.82) is 0 Å². The molecule has 2 aliphatic carbocycles. The summed E-state index contributed by atoms with van der Waals surface area (Å²) in [7, 11) is 1.87. The lowest BCUT2D eigenvalue weighted by molar-refractivity contribution is 0.560. The van der Waals surface area contributed by atoms with E-state index in [2.05, 4.69) is 81.3 Å². The number of hydrogen-bond donors (Lipinski definition) is 2. The van der Waals surface area contributed by atoms with Crippen LogP contribution in [0.2, 0.25) is 0 Å². The van der Waals surface area contributed by atoms with Gasteiger partial charge < -0.3 is 11.1 Å². The second-order valence-electron chi connectivity index (χ2n) is 10.9. The van der Waals surface area contributed by atoms with Crippen molar-refractivity contribution in [2.75, 3.05) is 18.1 Å². The standard InChI is InChI=1S/C28H34N4S/c1-17-13-20-21(27(4,5)10-9-26(20,2)3)15-19(17)28(11-12-28)23-8-7-18(16-31-23)14-22-24(29)32-25(30-6)33-22/h7-10,13,15-16H,11-12,14,29H2,1-6H3,(H,30,32). The van der Waals surface area contributed by atoms with Crippen molar-refractivity contribution in [3.05, 3.63) is 81.0 Å². The topological polar surface area (TPSA) is 63.8 Å². The van der Waals surface area contributed by atoms with Gasteiger partial charge >= 0.3 is 0 Å². The lowest BCUT2D eigenvalue weighted by atomic mass is 9.66. The van der Waals surface area contributed by atoms with Gasteiger partial charge in [-0.25, -0.2) is 4.98 Å². The number of nitrogens with one attached hydrogen (secondary N) is 1. The molecule has 1 saturated carbocycles. The van der Waals surface area contributed by atoms with Gasteiger partial charge in [0.2, 0.25) is 0 Å². The Labute approximate surface area is 201 Å². The maximum absolute atomic E-state index is 6.10. The quantitative estimate of drug-likeness (QED) is 0.443. The van der Waals surface area contributed by atoms with E-state index in [1.54, 1.807) is 11.3 Å². The molecule has 2 aliphatic rings. The molecule has 0 bridgehead atoms. The van der Waals surface area contributed by atoms with Gasteiger partial charge in [0.05, 0.1) is 10.6 Å². The first kappa shape index (κ1) is 22.1. The van der Waals surface area contributed by atoms with Crippen LogP contribution in [0.15, 0.2) is 42.6 Å². The van der Waals surface area contributed by atoms with Gasteiger partial charge in [0, 0.05) is 35.9 Å². The molecule has 4 nitrogen and oxygen atoms in total. The fourth-order valence-electron chi connectivity index (χ4n) is 5.27. The number of allylic oxidation sites excluding steroid dienone is 2. The maximum atomic E-state index is 6.10. The molecule has 1 fully saturated rings. The molecule has 0 spiro atoms. The summed E-state index contributed by atoms with van der Waals surface area (Å²) in [5.41, 5.74) is 14.4. The number of nitrogens with two attached hydrogens (primary N) is 1. The van der Waals surface area contributed by atoms with Gasteiger partial charge in [0.25, 0.3) is 0 Å². The Kier molecular flexibility index (Phi) is 4.98. The van der Waals surface area contributed by atoms with Crippen LogP contribution in [-0.2, 0) is 22.7 Å². The van der Waals surface area contributed by atoms with Crippen LogP contribution in [0, 0.1) is 6.92 Å². The van der Waals surface area contributed by atoms with Gasteiger partial charge in [-0.15, -0.1) is 0 Å². The van der Waals surface area contributed by atoms with Gasteiger partial charge in [-0.2, -0.15) is 0 Å². The SMILES string of the molecule is CNc1nc(N)c(Cc2ccc(C3(c4cc5c(cc4C)C(C)(C)C=CC5(C)C)CC3)nc2)s1. The third-order valence-electron chi connectivity index (χ3n) is 7.56. The Bertz CT molecular complexity index is 1240. The van der Waals surface area contributed by atoms with Crippen LogP contribution < -0.4 is 11.1 Å². The van der Waals surface area contributed by atoms with Crippen LogP contribution in [0.25, 0.3) is 0 Å². The molecule has 3 aromatic rings. The fourth-order valence-corrected chi connectivity index (χ4v) is 6.14. The van der Waals surface area contributed by atoms with Crippen molar-refractivity contribution in [2.24, 2.45) is 0 Å². The van der Waals surface area contributed by atoms with Crippen LogP contribution in [0.5, 0.6) is 0 Å². The van der Waals surface area contributed by atoms with Gasteiger partial charge in [-0.05, 0) is 53.6 Å². The average Bonchev–Trinajstić information content (AvgIpc) is 3.50. The van der Waals surface area contributed by atoms with Crippen molar-refractivity contribution in [1.82, 2.24) is 9.97 Å². The second-order valence-corrected chi connectivity index (χ2v) is 12.0. The van der Waals surface area contributed by atoms with E-state index in [0.717, 1.165) is 29.3 Å². The van der Waals surface area contributed by atoms with Gasteiger partial charge in [0.15, 0.2) is 5.13 Å². The molecule has 0 radical (unpaired) electrons. The number of nitrogens with zero attached hydrogens (tertiary/aromatic N) is 2. The Morgan fingerprint density at radius 1 is 1.00 bits per heavy atom. The molecule has 2 heterocycles. The van der Waals surface area contributed by atoms with Crippen LogP contribution in [-0.4, -0.2) is 17.0 Å². The first-order valence-electron chi connectivity index (χ1n) is 11.8. The molecule has 0 saturated heterocycles. The number of benzene rings is 1. The summed E-state index contributed by atoms with van der Waals surface area (Å²) < 4.78 is 0. The molecule has 33 heavy (non-hydrogen) atoms.